The molecule has 0 radical (unpaired) electrons. The normalized spacial score (nSPS) is 15.2. The first-order valence-corrected chi connectivity index (χ1v) is 9.14. The van der Waals surface area contributed by atoms with Gasteiger partial charge in [0.15, 0.2) is 10.1 Å². The average Bonchev–Trinajstić information content (AvgIpc) is 2.31. The lowest BCUT2D eigenvalue weighted by atomic mass is 10.1. The van der Waals surface area contributed by atoms with Crippen molar-refractivity contribution >= 4 is 20.2 Å². The van der Waals surface area contributed by atoms with Crippen molar-refractivity contribution in [1.82, 2.24) is 0 Å². The van der Waals surface area contributed by atoms with Crippen LogP contribution in [0.2, 0.25) is 0 Å². The molecule has 13 heteroatoms. The zero-order chi connectivity index (χ0) is 20.0. The summed E-state index contributed by atoms with van der Waals surface area (Å²) in [5.74, 6) is 0. The maximum atomic E-state index is 13.4. The molecule has 0 aliphatic rings. The molecule has 0 heterocycles. The topological polar surface area (TPSA) is 101 Å². The Balaban J connectivity index is 3.54. The van der Waals surface area contributed by atoms with Gasteiger partial charge in [-0.15, -0.1) is 0 Å². The third-order valence-electron chi connectivity index (χ3n) is 3.01. The molecule has 0 saturated heterocycles. The van der Waals surface area contributed by atoms with Crippen LogP contribution in [0.25, 0.3) is 0 Å². The first kappa shape index (κ1) is 21.7. The smallest absolute Gasteiger partial charge is 0.423 e. The van der Waals surface area contributed by atoms with Gasteiger partial charge < -0.3 is 4.55 Å². The van der Waals surface area contributed by atoms with Gasteiger partial charge in [-0.1, -0.05) is 17.7 Å². The third kappa shape index (κ3) is 4.46. The quantitative estimate of drug-likeness (QED) is 0.419. The predicted molar refractivity (Wildman–Crippen MR) is 73.4 cm³/mol. The molecule has 0 amide bonds. The Morgan fingerprint density at radius 3 is 1.68 bits per heavy atom. The lowest BCUT2D eigenvalue weighted by molar-refractivity contribution is -0.238. The highest BCUT2D eigenvalue weighted by Crippen LogP contribution is 2.40. The van der Waals surface area contributed by atoms with Gasteiger partial charge >= 0.3 is 11.4 Å². The van der Waals surface area contributed by atoms with Crippen LogP contribution in [0.3, 0.4) is 0 Å². The van der Waals surface area contributed by atoms with Gasteiger partial charge in [0.2, 0.25) is 6.10 Å². The van der Waals surface area contributed by atoms with Crippen molar-refractivity contribution in [1.29, 1.82) is 0 Å². The van der Waals surface area contributed by atoms with Crippen molar-refractivity contribution in [3.05, 3.63) is 28.8 Å². The molecule has 1 rings (SSSR count). The molecule has 1 aromatic carbocycles. The van der Waals surface area contributed by atoms with Crippen molar-refractivity contribution in [3.63, 3.8) is 0 Å². The number of rotatable bonds is 5. The highest BCUT2D eigenvalue weighted by molar-refractivity contribution is 7.87. The highest BCUT2D eigenvalue weighted by atomic mass is 32.2. The summed E-state index contributed by atoms with van der Waals surface area (Å²) in [6.45, 7) is 3.91. The third-order valence-corrected chi connectivity index (χ3v) is 5.48. The zero-order valence-electron chi connectivity index (χ0n) is 12.9. The second-order valence-electron chi connectivity index (χ2n) is 5.22. The Hall–Kier alpha value is -1.31. The van der Waals surface area contributed by atoms with Crippen molar-refractivity contribution < 1.29 is 47.5 Å². The van der Waals surface area contributed by atoms with E-state index in [0.717, 1.165) is 0 Å². The second-order valence-corrected chi connectivity index (χ2v) is 8.18. The summed E-state index contributed by atoms with van der Waals surface area (Å²) >= 11 is 0. The minimum atomic E-state index is -6.86. The van der Waals surface area contributed by atoms with Gasteiger partial charge in [-0.05, 0) is 31.9 Å². The van der Waals surface area contributed by atoms with E-state index in [4.69, 9.17) is 0 Å². The molecule has 0 spiro atoms. The minimum absolute atomic E-state index is 0.105. The molecule has 0 saturated carbocycles. The minimum Gasteiger partial charge on any atom is -0.743 e. The van der Waals surface area contributed by atoms with Crippen molar-refractivity contribution in [2.24, 2.45) is 0 Å². The molecule has 25 heavy (non-hydrogen) atoms. The summed E-state index contributed by atoms with van der Waals surface area (Å²) in [7, 11) is -12.3. The van der Waals surface area contributed by atoms with E-state index in [1.165, 1.54) is 26.0 Å². The van der Waals surface area contributed by atoms with Gasteiger partial charge in [-0.25, -0.2) is 12.6 Å². The fourth-order valence-corrected chi connectivity index (χ4v) is 4.16. The summed E-state index contributed by atoms with van der Waals surface area (Å²) in [5, 5.41) is -6.05. The largest absolute Gasteiger partial charge is 0.743 e. The van der Waals surface area contributed by atoms with Gasteiger partial charge in [0, 0.05) is 0 Å². The van der Waals surface area contributed by atoms with Crippen LogP contribution < -0.4 is 0 Å². The molecule has 1 atom stereocenters. The van der Waals surface area contributed by atoms with Crippen LogP contribution in [0.1, 0.15) is 16.7 Å². The number of hydrogen-bond donors (Lipinski definition) is 0. The monoisotopic (exact) mass is 411 g/mol. The van der Waals surface area contributed by atoms with E-state index in [1.807, 2.05) is 0 Å². The molecular weight excluding hydrogens is 399 g/mol. The maximum absolute atomic E-state index is 13.4. The number of aryl methyl sites for hydroxylation is 3. The molecule has 0 aromatic heterocycles. The lowest BCUT2D eigenvalue weighted by Gasteiger charge is -2.29. The number of alkyl halides is 5. The number of hydrogen-bond acceptors (Lipinski definition) is 6. The van der Waals surface area contributed by atoms with Gasteiger partial charge in [0.25, 0.3) is 10.1 Å². The molecule has 144 valence electrons. The van der Waals surface area contributed by atoms with Crippen LogP contribution >= 0.6 is 0 Å². The molecule has 0 aliphatic heterocycles. The summed E-state index contributed by atoms with van der Waals surface area (Å²) in [5.41, 5.74) is 0.326. The molecule has 6 nitrogen and oxygen atoms in total. The summed E-state index contributed by atoms with van der Waals surface area (Å²) in [6, 6.07) is 2.49. The van der Waals surface area contributed by atoms with E-state index in [-0.39, 0.29) is 11.1 Å². The molecular formula is C12H12F5O6S2-. The number of benzene rings is 1. The van der Waals surface area contributed by atoms with Crippen LogP contribution in [0.5, 0.6) is 0 Å². The van der Waals surface area contributed by atoms with E-state index >= 15 is 0 Å². The maximum Gasteiger partial charge on any atom is 0.423 e. The van der Waals surface area contributed by atoms with E-state index in [0.29, 0.717) is 5.56 Å². The van der Waals surface area contributed by atoms with Gasteiger partial charge in [0.1, 0.15) is 0 Å². The van der Waals surface area contributed by atoms with Crippen molar-refractivity contribution in [2.75, 3.05) is 0 Å². The van der Waals surface area contributed by atoms with Gasteiger partial charge in [0.05, 0.1) is 4.90 Å². The first-order chi connectivity index (χ1) is 10.9. The second kappa shape index (κ2) is 6.45. The number of halogens is 5. The Bertz CT molecular complexity index is 851. The highest BCUT2D eigenvalue weighted by Gasteiger charge is 2.63. The van der Waals surface area contributed by atoms with Crippen LogP contribution in [-0.4, -0.2) is 38.9 Å². The van der Waals surface area contributed by atoms with Gasteiger partial charge in [-0.3, -0.25) is 0 Å². The summed E-state index contributed by atoms with van der Waals surface area (Å²) < 4.78 is 124. The summed E-state index contributed by atoms with van der Waals surface area (Å²) in [4.78, 5) is -0.827. The Kier molecular flexibility index (Phi) is 5.60. The SMILES string of the molecule is Cc1cc(C)c(S(=O)(=O)OC(C(F)(F)F)C(F)(F)S(=O)(=O)[O-])c(C)c1. The average molecular weight is 411 g/mol. The first-order valence-electron chi connectivity index (χ1n) is 6.32. The molecule has 0 fully saturated rings. The van der Waals surface area contributed by atoms with Crippen LogP contribution in [0.15, 0.2) is 17.0 Å². The van der Waals surface area contributed by atoms with E-state index < -0.39 is 42.7 Å². The van der Waals surface area contributed by atoms with Crippen molar-refractivity contribution in [2.45, 2.75) is 43.2 Å². The zero-order valence-corrected chi connectivity index (χ0v) is 14.5. The molecule has 1 aromatic rings. The van der Waals surface area contributed by atoms with Crippen LogP contribution in [-0.2, 0) is 24.4 Å². The Labute approximate surface area is 140 Å². The lowest BCUT2D eigenvalue weighted by Crippen LogP contribution is -2.52. The van der Waals surface area contributed by atoms with Crippen LogP contribution in [0, 0.1) is 20.8 Å². The fourth-order valence-electron chi connectivity index (χ4n) is 2.17. The molecule has 1 unspecified atom stereocenters. The molecule has 0 aliphatic carbocycles. The van der Waals surface area contributed by atoms with Gasteiger partial charge in [-0.2, -0.15) is 30.4 Å². The van der Waals surface area contributed by atoms with E-state index in [2.05, 4.69) is 4.18 Å². The van der Waals surface area contributed by atoms with Crippen LogP contribution in [0.4, 0.5) is 22.0 Å². The fraction of sp³-hybridized carbons (Fsp3) is 0.500. The predicted octanol–water partition coefficient (Wildman–Crippen LogP) is 2.39. The Morgan fingerprint density at radius 2 is 1.36 bits per heavy atom. The Morgan fingerprint density at radius 1 is 0.960 bits per heavy atom. The van der Waals surface area contributed by atoms with E-state index in [9.17, 15) is 43.3 Å². The standard InChI is InChI=1S/C12H13F5O6S2/c1-6-4-7(2)9(8(3)5-6)24(18,19)23-10(11(13,14)15)12(16,17)25(20,21)22/h4-5,10H,1-3H3,(H,20,21,22)/p-1. The van der Waals surface area contributed by atoms with E-state index in [1.54, 1.807) is 6.92 Å². The van der Waals surface area contributed by atoms with Crippen molar-refractivity contribution in [3.8, 4) is 0 Å². The molecule has 0 N–H and O–H groups in total. The summed E-state index contributed by atoms with van der Waals surface area (Å²) in [6.07, 6.45) is -10.8. The molecule has 0 bridgehead atoms.